The molecular weight excluding hydrogens is 178 g/mol. The van der Waals surface area contributed by atoms with Crippen LogP contribution in [0.3, 0.4) is 0 Å². The van der Waals surface area contributed by atoms with Crippen LogP contribution in [0.5, 0.6) is 0 Å². The zero-order valence-electron chi connectivity index (χ0n) is 8.96. The largest absolute Gasteiger partial charge is 0.462 e. The van der Waals surface area contributed by atoms with Crippen molar-refractivity contribution in [2.45, 2.75) is 33.1 Å². The van der Waals surface area contributed by atoms with Crippen LogP contribution in [0.15, 0.2) is 12.3 Å². The van der Waals surface area contributed by atoms with Gasteiger partial charge in [-0.25, -0.2) is 4.79 Å². The van der Waals surface area contributed by atoms with Gasteiger partial charge < -0.3 is 9.72 Å². The van der Waals surface area contributed by atoms with Gasteiger partial charge in [-0.05, 0) is 25.3 Å². The van der Waals surface area contributed by atoms with Crippen LogP contribution >= 0.6 is 0 Å². The SMILES string of the molecule is CCOC(=O)c1cc[nH]c1C(C)CC. The molecule has 0 aliphatic carbocycles. The number of ether oxygens (including phenoxy) is 1. The van der Waals surface area contributed by atoms with Crippen molar-refractivity contribution >= 4 is 5.97 Å². The van der Waals surface area contributed by atoms with Gasteiger partial charge in [0.05, 0.1) is 12.2 Å². The lowest BCUT2D eigenvalue weighted by atomic mass is 10.0. The molecule has 0 aliphatic rings. The Morgan fingerprint density at radius 2 is 2.29 bits per heavy atom. The molecule has 1 aromatic heterocycles. The summed E-state index contributed by atoms with van der Waals surface area (Å²) in [5.41, 5.74) is 1.65. The van der Waals surface area contributed by atoms with E-state index in [1.807, 2.05) is 6.92 Å². The Hall–Kier alpha value is -1.25. The van der Waals surface area contributed by atoms with Gasteiger partial charge in [0.15, 0.2) is 0 Å². The van der Waals surface area contributed by atoms with Gasteiger partial charge in [-0.15, -0.1) is 0 Å². The fraction of sp³-hybridized carbons (Fsp3) is 0.545. The van der Waals surface area contributed by atoms with E-state index in [9.17, 15) is 4.79 Å². The maximum atomic E-state index is 11.5. The van der Waals surface area contributed by atoms with Crippen LogP contribution in [-0.2, 0) is 4.74 Å². The van der Waals surface area contributed by atoms with Crippen molar-refractivity contribution in [1.29, 1.82) is 0 Å². The van der Waals surface area contributed by atoms with Gasteiger partial charge in [0, 0.05) is 11.9 Å². The quantitative estimate of drug-likeness (QED) is 0.750. The molecule has 0 aromatic carbocycles. The molecule has 0 radical (unpaired) electrons. The minimum atomic E-state index is -0.232. The first-order chi connectivity index (χ1) is 6.70. The molecule has 1 rings (SSSR count). The lowest BCUT2D eigenvalue weighted by Crippen LogP contribution is -2.08. The molecule has 0 amide bonds. The molecule has 1 N–H and O–H groups in total. The molecule has 3 nitrogen and oxygen atoms in total. The highest BCUT2D eigenvalue weighted by atomic mass is 16.5. The Morgan fingerprint density at radius 3 is 2.86 bits per heavy atom. The summed E-state index contributed by atoms with van der Waals surface area (Å²) in [5.74, 6) is 0.133. The second-order valence-electron chi connectivity index (χ2n) is 3.33. The number of hydrogen-bond donors (Lipinski definition) is 1. The Morgan fingerprint density at radius 1 is 1.57 bits per heavy atom. The molecule has 3 heteroatoms. The van der Waals surface area contributed by atoms with Gasteiger partial charge in [-0.2, -0.15) is 0 Å². The molecule has 0 fully saturated rings. The predicted octanol–water partition coefficient (Wildman–Crippen LogP) is 2.70. The fourth-order valence-corrected chi connectivity index (χ4v) is 1.38. The molecular formula is C11H17NO2. The second kappa shape index (κ2) is 4.84. The number of carbonyl (C=O) groups is 1. The van der Waals surface area contributed by atoms with E-state index >= 15 is 0 Å². The van der Waals surface area contributed by atoms with Crippen LogP contribution in [0.2, 0.25) is 0 Å². The van der Waals surface area contributed by atoms with Gasteiger partial charge in [0.1, 0.15) is 0 Å². The standard InChI is InChI=1S/C11H17NO2/c1-4-8(3)10-9(6-7-12-10)11(13)14-5-2/h6-8,12H,4-5H2,1-3H3. The van der Waals surface area contributed by atoms with Gasteiger partial charge >= 0.3 is 5.97 Å². The molecule has 0 saturated heterocycles. The van der Waals surface area contributed by atoms with E-state index in [0.717, 1.165) is 12.1 Å². The minimum absolute atomic E-state index is 0.232. The lowest BCUT2D eigenvalue weighted by molar-refractivity contribution is 0.0524. The highest BCUT2D eigenvalue weighted by Crippen LogP contribution is 2.21. The highest BCUT2D eigenvalue weighted by molar-refractivity contribution is 5.90. The van der Waals surface area contributed by atoms with E-state index in [1.165, 1.54) is 0 Å². The van der Waals surface area contributed by atoms with Gasteiger partial charge in [-0.3, -0.25) is 0 Å². The Labute approximate surface area is 84.5 Å². The Balaban J connectivity index is 2.86. The van der Waals surface area contributed by atoms with Gasteiger partial charge in [0.25, 0.3) is 0 Å². The maximum absolute atomic E-state index is 11.5. The van der Waals surface area contributed by atoms with Crippen molar-refractivity contribution in [2.24, 2.45) is 0 Å². The van der Waals surface area contributed by atoms with Crippen LogP contribution in [0, 0.1) is 0 Å². The van der Waals surface area contributed by atoms with Crippen molar-refractivity contribution in [1.82, 2.24) is 4.98 Å². The molecule has 1 heterocycles. The summed E-state index contributed by atoms with van der Waals surface area (Å²) in [4.78, 5) is 14.6. The van der Waals surface area contributed by atoms with Crippen molar-refractivity contribution in [2.75, 3.05) is 6.61 Å². The summed E-state index contributed by atoms with van der Waals surface area (Å²) in [6, 6.07) is 1.78. The number of nitrogens with one attached hydrogen (secondary N) is 1. The van der Waals surface area contributed by atoms with E-state index < -0.39 is 0 Å². The number of esters is 1. The molecule has 0 bridgehead atoms. The first kappa shape index (κ1) is 10.8. The summed E-state index contributed by atoms with van der Waals surface area (Å²) in [5, 5.41) is 0. The number of aromatic amines is 1. The number of H-pyrrole nitrogens is 1. The van der Waals surface area contributed by atoms with Gasteiger partial charge in [0.2, 0.25) is 0 Å². The Bertz CT molecular complexity index is 304. The summed E-state index contributed by atoms with van der Waals surface area (Å²) in [6.07, 6.45) is 2.79. The maximum Gasteiger partial charge on any atom is 0.339 e. The third-order valence-corrected chi connectivity index (χ3v) is 2.38. The van der Waals surface area contributed by atoms with Crippen LogP contribution in [0.25, 0.3) is 0 Å². The summed E-state index contributed by atoms with van der Waals surface area (Å²) >= 11 is 0. The smallest absolute Gasteiger partial charge is 0.339 e. The second-order valence-corrected chi connectivity index (χ2v) is 3.33. The zero-order chi connectivity index (χ0) is 10.6. The van der Waals surface area contributed by atoms with Crippen molar-refractivity contribution in [3.63, 3.8) is 0 Å². The lowest BCUT2D eigenvalue weighted by Gasteiger charge is -2.09. The zero-order valence-corrected chi connectivity index (χ0v) is 8.96. The average molecular weight is 195 g/mol. The molecule has 1 unspecified atom stereocenters. The molecule has 0 aliphatic heterocycles. The van der Waals surface area contributed by atoms with Crippen molar-refractivity contribution in [3.05, 3.63) is 23.5 Å². The van der Waals surface area contributed by atoms with Crippen LogP contribution < -0.4 is 0 Å². The van der Waals surface area contributed by atoms with Gasteiger partial charge in [-0.1, -0.05) is 13.8 Å². The molecule has 1 aromatic rings. The molecule has 0 spiro atoms. The third-order valence-electron chi connectivity index (χ3n) is 2.38. The number of aromatic nitrogens is 1. The monoisotopic (exact) mass is 195 g/mol. The summed E-state index contributed by atoms with van der Waals surface area (Å²) in [7, 11) is 0. The highest BCUT2D eigenvalue weighted by Gasteiger charge is 2.16. The number of hydrogen-bond acceptors (Lipinski definition) is 2. The van der Waals surface area contributed by atoms with E-state index in [2.05, 4.69) is 18.8 Å². The van der Waals surface area contributed by atoms with Crippen LogP contribution in [0.1, 0.15) is 49.2 Å². The molecule has 14 heavy (non-hydrogen) atoms. The average Bonchev–Trinajstić information content (AvgIpc) is 2.65. The minimum Gasteiger partial charge on any atom is -0.462 e. The third kappa shape index (κ3) is 2.16. The Kier molecular flexibility index (Phi) is 3.74. The fourth-order valence-electron chi connectivity index (χ4n) is 1.38. The topological polar surface area (TPSA) is 42.1 Å². The number of rotatable bonds is 4. The molecule has 1 atom stereocenters. The first-order valence-corrected chi connectivity index (χ1v) is 5.05. The van der Waals surface area contributed by atoms with E-state index in [0.29, 0.717) is 18.1 Å². The summed E-state index contributed by atoms with van der Waals surface area (Å²) < 4.78 is 4.96. The van der Waals surface area contributed by atoms with E-state index in [4.69, 9.17) is 4.74 Å². The van der Waals surface area contributed by atoms with E-state index in [1.54, 1.807) is 12.3 Å². The molecule has 0 saturated carbocycles. The number of carbonyl (C=O) groups excluding carboxylic acids is 1. The normalized spacial score (nSPS) is 12.5. The molecule has 78 valence electrons. The summed E-state index contributed by atoms with van der Waals surface area (Å²) in [6.45, 7) is 6.42. The van der Waals surface area contributed by atoms with Crippen LogP contribution in [0.4, 0.5) is 0 Å². The van der Waals surface area contributed by atoms with Crippen LogP contribution in [-0.4, -0.2) is 17.6 Å². The van der Waals surface area contributed by atoms with Crippen molar-refractivity contribution in [3.8, 4) is 0 Å². The van der Waals surface area contributed by atoms with Crippen molar-refractivity contribution < 1.29 is 9.53 Å². The predicted molar refractivity (Wildman–Crippen MR) is 55.5 cm³/mol. The van der Waals surface area contributed by atoms with E-state index in [-0.39, 0.29) is 5.97 Å². The first-order valence-electron chi connectivity index (χ1n) is 5.05.